The second kappa shape index (κ2) is 12.8. The van der Waals surface area contributed by atoms with Crippen LogP contribution in [0.15, 0.2) is 36.4 Å². The molecule has 1 fully saturated rings. The van der Waals surface area contributed by atoms with Crippen LogP contribution in [0.2, 0.25) is 0 Å². The minimum absolute atomic E-state index is 0.108. The van der Waals surface area contributed by atoms with Gasteiger partial charge in [0.2, 0.25) is 17.6 Å². The van der Waals surface area contributed by atoms with Crippen molar-refractivity contribution in [1.29, 1.82) is 0 Å². The molecular formula is C27H35N3O7. The Morgan fingerprint density at radius 1 is 0.919 bits per heavy atom. The van der Waals surface area contributed by atoms with E-state index in [0.29, 0.717) is 55.2 Å². The van der Waals surface area contributed by atoms with Gasteiger partial charge in [-0.05, 0) is 42.7 Å². The Hall–Kier alpha value is -3.95. The lowest BCUT2D eigenvalue weighted by molar-refractivity contribution is -0.128. The zero-order valence-electron chi connectivity index (χ0n) is 22.0. The molecule has 10 heteroatoms. The molecule has 1 aliphatic rings. The molecule has 0 unspecified atom stereocenters. The van der Waals surface area contributed by atoms with Gasteiger partial charge >= 0.3 is 0 Å². The van der Waals surface area contributed by atoms with Crippen LogP contribution in [0.25, 0.3) is 0 Å². The fraction of sp³-hybridized carbons (Fsp3) is 0.444. The first kappa shape index (κ1) is 27.6. The molecule has 0 saturated carbocycles. The highest BCUT2D eigenvalue weighted by Crippen LogP contribution is 2.38. The second-order valence-electron chi connectivity index (χ2n) is 8.79. The van der Waals surface area contributed by atoms with E-state index in [1.54, 1.807) is 24.1 Å². The molecule has 0 radical (unpaired) electrons. The van der Waals surface area contributed by atoms with Crippen LogP contribution in [-0.4, -0.2) is 76.2 Å². The van der Waals surface area contributed by atoms with Gasteiger partial charge in [0.1, 0.15) is 11.8 Å². The topological polar surface area (TPSA) is 115 Å². The number of rotatable bonds is 10. The summed E-state index contributed by atoms with van der Waals surface area (Å²) in [4.78, 5) is 39.7. The van der Waals surface area contributed by atoms with Gasteiger partial charge in [0.05, 0.1) is 28.4 Å². The Morgan fingerprint density at radius 2 is 1.51 bits per heavy atom. The molecule has 0 aromatic heterocycles. The molecule has 37 heavy (non-hydrogen) atoms. The van der Waals surface area contributed by atoms with Crippen LogP contribution in [0.4, 0.5) is 0 Å². The van der Waals surface area contributed by atoms with Crippen LogP contribution in [0.5, 0.6) is 23.0 Å². The van der Waals surface area contributed by atoms with Gasteiger partial charge < -0.3 is 34.5 Å². The molecule has 3 amide bonds. The summed E-state index contributed by atoms with van der Waals surface area (Å²) in [5, 5.41) is 5.79. The maximum absolute atomic E-state index is 13.2. The molecule has 2 aromatic rings. The molecule has 2 N–H and O–H groups in total. The van der Waals surface area contributed by atoms with E-state index in [1.807, 2.05) is 24.3 Å². The summed E-state index contributed by atoms with van der Waals surface area (Å²) in [5.41, 5.74) is 1.34. The minimum atomic E-state index is -0.704. The zero-order valence-corrected chi connectivity index (χ0v) is 22.0. The van der Waals surface area contributed by atoms with Gasteiger partial charge in [0, 0.05) is 38.0 Å². The van der Waals surface area contributed by atoms with Gasteiger partial charge in [-0.15, -0.1) is 0 Å². The molecule has 0 aliphatic carbocycles. The lowest BCUT2D eigenvalue weighted by atomic mass is 10.0. The SMILES string of the molecule is COc1ccc(C[C@@H](NC(C)=O)C(=O)NC2CCN(C(=O)c3cc(OC)c(OC)c(OC)c3)CC2)cc1. The number of amides is 3. The number of nitrogens with zero attached hydrogens (tertiary/aromatic N) is 1. The molecular weight excluding hydrogens is 478 g/mol. The number of benzene rings is 2. The molecule has 0 spiro atoms. The van der Waals surface area contributed by atoms with Crippen molar-refractivity contribution >= 4 is 17.7 Å². The van der Waals surface area contributed by atoms with Gasteiger partial charge in [-0.2, -0.15) is 0 Å². The van der Waals surface area contributed by atoms with E-state index in [2.05, 4.69) is 10.6 Å². The fourth-order valence-corrected chi connectivity index (χ4v) is 4.37. The van der Waals surface area contributed by atoms with E-state index in [0.717, 1.165) is 11.3 Å². The maximum atomic E-state index is 13.2. The van der Waals surface area contributed by atoms with E-state index in [9.17, 15) is 14.4 Å². The van der Waals surface area contributed by atoms with Gasteiger partial charge in [-0.1, -0.05) is 12.1 Å². The van der Waals surface area contributed by atoms with Crippen LogP contribution in [-0.2, 0) is 16.0 Å². The quantitative estimate of drug-likeness (QED) is 0.500. The molecule has 3 rings (SSSR count). The van der Waals surface area contributed by atoms with E-state index in [-0.39, 0.29) is 23.8 Å². The average molecular weight is 514 g/mol. The summed E-state index contributed by atoms with van der Waals surface area (Å²) >= 11 is 0. The number of piperidine rings is 1. The van der Waals surface area contributed by atoms with Crippen molar-refractivity contribution in [2.45, 2.75) is 38.3 Å². The van der Waals surface area contributed by atoms with Gasteiger partial charge in [-0.25, -0.2) is 0 Å². The Balaban J connectivity index is 1.61. The first-order valence-electron chi connectivity index (χ1n) is 12.1. The maximum Gasteiger partial charge on any atom is 0.254 e. The summed E-state index contributed by atoms with van der Waals surface area (Å²) in [6.07, 6.45) is 1.54. The number of carbonyl (C=O) groups is 3. The Labute approximate surface area is 217 Å². The number of hydrogen-bond acceptors (Lipinski definition) is 7. The third-order valence-electron chi connectivity index (χ3n) is 6.33. The second-order valence-corrected chi connectivity index (χ2v) is 8.79. The van der Waals surface area contributed by atoms with Crippen LogP contribution in [0.3, 0.4) is 0 Å². The van der Waals surface area contributed by atoms with Gasteiger partial charge in [0.25, 0.3) is 5.91 Å². The Kier molecular flexibility index (Phi) is 9.59. The average Bonchev–Trinajstić information content (AvgIpc) is 2.91. The highest BCUT2D eigenvalue weighted by molar-refractivity contribution is 5.95. The zero-order chi connectivity index (χ0) is 26.9. The van der Waals surface area contributed by atoms with Crippen molar-refractivity contribution in [3.05, 3.63) is 47.5 Å². The number of nitrogens with one attached hydrogen (secondary N) is 2. The number of carbonyl (C=O) groups excluding carboxylic acids is 3. The number of hydrogen-bond donors (Lipinski definition) is 2. The molecule has 1 saturated heterocycles. The van der Waals surface area contributed by atoms with Crippen molar-refractivity contribution < 1.29 is 33.3 Å². The number of ether oxygens (including phenoxy) is 4. The van der Waals surface area contributed by atoms with Crippen LogP contribution >= 0.6 is 0 Å². The summed E-state index contributed by atoms with van der Waals surface area (Å²) in [6.45, 7) is 2.34. The predicted molar refractivity (Wildman–Crippen MR) is 137 cm³/mol. The van der Waals surface area contributed by atoms with E-state index < -0.39 is 6.04 Å². The molecule has 10 nitrogen and oxygen atoms in total. The van der Waals surface area contributed by atoms with Gasteiger partial charge in [0.15, 0.2) is 11.5 Å². The van der Waals surface area contributed by atoms with E-state index >= 15 is 0 Å². The van der Waals surface area contributed by atoms with Crippen molar-refractivity contribution in [2.75, 3.05) is 41.5 Å². The normalized spacial score (nSPS) is 14.4. The molecule has 1 aliphatic heterocycles. The van der Waals surface area contributed by atoms with Crippen LogP contribution < -0.4 is 29.6 Å². The van der Waals surface area contributed by atoms with Crippen molar-refractivity contribution in [1.82, 2.24) is 15.5 Å². The van der Waals surface area contributed by atoms with Crippen LogP contribution in [0.1, 0.15) is 35.7 Å². The lowest BCUT2D eigenvalue weighted by Gasteiger charge is -2.33. The molecule has 1 atom stereocenters. The number of likely N-dealkylation sites (tertiary alicyclic amines) is 1. The highest BCUT2D eigenvalue weighted by atomic mass is 16.5. The van der Waals surface area contributed by atoms with Gasteiger partial charge in [-0.3, -0.25) is 14.4 Å². The summed E-state index contributed by atoms with van der Waals surface area (Å²) in [5.74, 6) is 1.28. The molecule has 200 valence electrons. The molecule has 2 aromatic carbocycles. The highest BCUT2D eigenvalue weighted by Gasteiger charge is 2.28. The van der Waals surface area contributed by atoms with E-state index in [1.165, 1.54) is 28.3 Å². The molecule has 0 bridgehead atoms. The molecule has 1 heterocycles. The fourth-order valence-electron chi connectivity index (χ4n) is 4.37. The van der Waals surface area contributed by atoms with Crippen molar-refractivity contribution in [2.24, 2.45) is 0 Å². The number of methoxy groups -OCH3 is 4. The van der Waals surface area contributed by atoms with E-state index in [4.69, 9.17) is 18.9 Å². The van der Waals surface area contributed by atoms with Crippen LogP contribution in [0, 0.1) is 0 Å². The Morgan fingerprint density at radius 3 is 2.00 bits per heavy atom. The first-order chi connectivity index (χ1) is 17.8. The first-order valence-corrected chi connectivity index (χ1v) is 12.1. The standard InChI is InChI=1S/C27H35N3O7/c1-17(31)28-22(14-18-6-8-21(34-2)9-7-18)26(32)29-20-10-12-30(13-11-20)27(33)19-15-23(35-3)25(37-5)24(16-19)36-4/h6-9,15-16,20,22H,10-14H2,1-5H3,(H,28,31)(H,29,32)/t22-/m1/s1. The third-order valence-corrected chi connectivity index (χ3v) is 6.33. The summed E-state index contributed by atoms with van der Waals surface area (Å²) < 4.78 is 21.2. The van der Waals surface area contributed by atoms with Crippen molar-refractivity contribution in [3.8, 4) is 23.0 Å². The largest absolute Gasteiger partial charge is 0.497 e. The predicted octanol–water partition coefficient (Wildman–Crippen LogP) is 2.19. The summed E-state index contributed by atoms with van der Waals surface area (Å²) in [7, 11) is 6.10. The Bertz CT molecular complexity index is 1070. The minimum Gasteiger partial charge on any atom is -0.497 e. The van der Waals surface area contributed by atoms with Crippen molar-refractivity contribution in [3.63, 3.8) is 0 Å². The lowest BCUT2D eigenvalue weighted by Crippen LogP contribution is -2.53. The third kappa shape index (κ3) is 7.05. The smallest absolute Gasteiger partial charge is 0.254 e. The summed E-state index contributed by atoms with van der Waals surface area (Å²) in [6, 6.07) is 9.83. The monoisotopic (exact) mass is 513 g/mol.